The fourth-order valence-electron chi connectivity index (χ4n) is 1.62. The normalized spacial score (nSPS) is 13.7. The molecule has 0 fully saturated rings. The van der Waals surface area contributed by atoms with Gasteiger partial charge in [-0.2, -0.15) is 13.2 Å². The van der Waals surface area contributed by atoms with Gasteiger partial charge in [0.1, 0.15) is 5.82 Å². The number of halogens is 5. The van der Waals surface area contributed by atoms with Crippen LogP contribution in [0.4, 0.5) is 17.6 Å². The Morgan fingerprint density at radius 3 is 2.50 bits per heavy atom. The number of rotatable bonds is 5. The number of alkyl halides is 3. The molecule has 0 aliphatic heterocycles. The molecule has 2 nitrogen and oxygen atoms in total. The van der Waals surface area contributed by atoms with E-state index < -0.39 is 18.6 Å². The van der Waals surface area contributed by atoms with E-state index in [1.165, 1.54) is 18.2 Å². The quantitative estimate of drug-likeness (QED) is 0.356. The Kier molecular flexibility index (Phi) is 5.80. The smallest absolute Gasteiger partial charge is 0.271 e. The summed E-state index contributed by atoms with van der Waals surface area (Å²) in [5.41, 5.74) is 3.18. The van der Waals surface area contributed by atoms with E-state index in [9.17, 15) is 17.6 Å². The molecule has 0 amide bonds. The lowest BCUT2D eigenvalue weighted by Gasteiger charge is -2.18. The molecular formula is C11H13F4IN2. The van der Waals surface area contributed by atoms with Gasteiger partial charge in [-0.25, -0.2) is 4.39 Å². The number of hydrazine groups is 1. The van der Waals surface area contributed by atoms with Crippen molar-refractivity contribution in [2.45, 2.75) is 31.5 Å². The Morgan fingerprint density at radius 1 is 1.33 bits per heavy atom. The van der Waals surface area contributed by atoms with Crippen LogP contribution < -0.4 is 11.3 Å². The van der Waals surface area contributed by atoms with Crippen molar-refractivity contribution in [3.8, 4) is 0 Å². The predicted molar refractivity (Wildman–Crippen MR) is 69.1 cm³/mol. The maximum atomic E-state index is 12.9. The van der Waals surface area contributed by atoms with E-state index in [0.717, 1.165) is 0 Å². The van der Waals surface area contributed by atoms with Crippen molar-refractivity contribution in [2.24, 2.45) is 5.84 Å². The van der Waals surface area contributed by atoms with E-state index in [4.69, 9.17) is 5.84 Å². The van der Waals surface area contributed by atoms with Gasteiger partial charge in [-0.1, -0.05) is 6.07 Å². The number of nitrogens with two attached hydrogens (primary N) is 1. The Morgan fingerprint density at radius 2 is 2.00 bits per heavy atom. The van der Waals surface area contributed by atoms with Crippen molar-refractivity contribution in [2.75, 3.05) is 0 Å². The van der Waals surface area contributed by atoms with Crippen LogP contribution >= 0.6 is 22.6 Å². The second-order valence-corrected chi connectivity index (χ2v) is 5.05. The molecule has 1 aromatic carbocycles. The van der Waals surface area contributed by atoms with Gasteiger partial charge in [0.25, 0.3) is 0 Å². The summed E-state index contributed by atoms with van der Waals surface area (Å²) in [6, 6.07) is 3.73. The number of nitrogens with one attached hydrogen (secondary N) is 1. The van der Waals surface area contributed by atoms with Gasteiger partial charge in [-0.05, 0) is 53.1 Å². The highest BCUT2D eigenvalue weighted by molar-refractivity contribution is 14.1. The van der Waals surface area contributed by atoms with Crippen LogP contribution in [0.5, 0.6) is 0 Å². The van der Waals surface area contributed by atoms with E-state index >= 15 is 0 Å². The summed E-state index contributed by atoms with van der Waals surface area (Å²) in [6.07, 6.45) is -4.78. The van der Waals surface area contributed by atoms with Crippen LogP contribution in [0.1, 0.15) is 30.9 Å². The first kappa shape index (κ1) is 15.6. The van der Waals surface area contributed by atoms with Gasteiger partial charge in [0.05, 0.1) is 0 Å². The van der Waals surface area contributed by atoms with Crippen molar-refractivity contribution in [3.05, 3.63) is 33.1 Å². The molecule has 1 aromatic rings. The average Bonchev–Trinajstić information content (AvgIpc) is 2.24. The van der Waals surface area contributed by atoms with Gasteiger partial charge < -0.3 is 0 Å². The first-order chi connectivity index (χ1) is 8.33. The lowest BCUT2D eigenvalue weighted by molar-refractivity contribution is -0.135. The van der Waals surface area contributed by atoms with Crippen LogP contribution in [0.15, 0.2) is 18.2 Å². The average molecular weight is 376 g/mol. The molecule has 0 heterocycles. The van der Waals surface area contributed by atoms with Gasteiger partial charge in [0, 0.05) is 16.0 Å². The third-order valence-corrected chi connectivity index (χ3v) is 3.43. The van der Waals surface area contributed by atoms with Crippen molar-refractivity contribution in [1.82, 2.24) is 5.43 Å². The molecule has 0 radical (unpaired) electrons. The molecular weight excluding hydrogens is 363 g/mol. The molecule has 0 spiro atoms. The van der Waals surface area contributed by atoms with Crippen molar-refractivity contribution in [3.63, 3.8) is 0 Å². The van der Waals surface area contributed by atoms with Gasteiger partial charge in [0.2, 0.25) is 0 Å². The Labute approximate surface area is 116 Å². The van der Waals surface area contributed by atoms with E-state index in [0.29, 0.717) is 9.13 Å². The largest absolute Gasteiger partial charge is 0.389 e. The summed E-state index contributed by atoms with van der Waals surface area (Å²) in [5.74, 6) is 4.95. The highest BCUT2D eigenvalue weighted by Gasteiger charge is 2.27. The number of benzene rings is 1. The van der Waals surface area contributed by atoms with Crippen molar-refractivity contribution >= 4 is 22.6 Å². The zero-order valence-corrected chi connectivity index (χ0v) is 11.6. The summed E-state index contributed by atoms with van der Waals surface area (Å²) in [6.45, 7) is 0. The molecule has 102 valence electrons. The standard InChI is InChI=1S/C11H13F4IN2/c12-7-3-4-8(9(16)6-7)10(18-17)2-1-5-11(13,14)15/h3-4,6,10,18H,1-2,5,17H2. The molecule has 1 atom stereocenters. The van der Waals surface area contributed by atoms with Gasteiger partial charge in [-0.15, -0.1) is 0 Å². The molecule has 0 saturated heterocycles. The van der Waals surface area contributed by atoms with Crippen LogP contribution in [0.2, 0.25) is 0 Å². The Hall–Kier alpha value is -0.410. The first-order valence-corrected chi connectivity index (χ1v) is 6.39. The molecule has 0 bridgehead atoms. The lowest BCUT2D eigenvalue weighted by atomic mass is 10.0. The minimum atomic E-state index is -4.16. The van der Waals surface area contributed by atoms with E-state index in [-0.39, 0.29) is 18.7 Å². The van der Waals surface area contributed by atoms with Crippen LogP contribution in [0.25, 0.3) is 0 Å². The highest BCUT2D eigenvalue weighted by Crippen LogP contribution is 2.28. The van der Waals surface area contributed by atoms with Gasteiger partial charge in [-0.3, -0.25) is 11.3 Å². The number of hydrogen-bond acceptors (Lipinski definition) is 2. The second kappa shape index (κ2) is 6.67. The molecule has 0 aromatic heterocycles. The van der Waals surface area contributed by atoms with Crippen LogP contribution in [-0.2, 0) is 0 Å². The first-order valence-electron chi connectivity index (χ1n) is 5.31. The fraction of sp³-hybridized carbons (Fsp3) is 0.455. The van der Waals surface area contributed by atoms with Crippen molar-refractivity contribution < 1.29 is 17.6 Å². The molecule has 1 unspecified atom stereocenters. The van der Waals surface area contributed by atoms with Gasteiger partial charge >= 0.3 is 6.18 Å². The summed E-state index contributed by atoms with van der Waals surface area (Å²) in [7, 11) is 0. The maximum Gasteiger partial charge on any atom is 0.389 e. The number of hydrogen-bond donors (Lipinski definition) is 2. The van der Waals surface area contributed by atoms with E-state index in [1.54, 1.807) is 0 Å². The predicted octanol–water partition coefficient (Wildman–Crippen LogP) is 3.67. The minimum Gasteiger partial charge on any atom is -0.271 e. The molecule has 1 rings (SSSR count). The third kappa shape index (κ3) is 5.07. The molecule has 3 N–H and O–H groups in total. The van der Waals surface area contributed by atoms with E-state index in [2.05, 4.69) is 5.43 Å². The highest BCUT2D eigenvalue weighted by atomic mass is 127. The monoisotopic (exact) mass is 376 g/mol. The van der Waals surface area contributed by atoms with Crippen LogP contribution in [0.3, 0.4) is 0 Å². The molecule has 0 aliphatic rings. The molecule has 0 saturated carbocycles. The van der Waals surface area contributed by atoms with Gasteiger partial charge in [0.15, 0.2) is 0 Å². The van der Waals surface area contributed by atoms with Crippen LogP contribution in [-0.4, -0.2) is 6.18 Å². The minimum absolute atomic E-state index is 0.0220. The van der Waals surface area contributed by atoms with Crippen molar-refractivity contribution in [1.29, 1.82) is 0 Å². The maximum absolute atomic E-state index is 12.9. The molecule has 7 heteroatoms. The van der Waals surface area contributed by atoms with Crippen LogP contribution in [0, 0.1) is 9.39 Å². The van der Waals surface area contributed by atoms with E-state index in [1.807, 2.05) is 22.6 Å². The zero-order chi connectivity index (χ0) is 13.8. The molecule has 18 heavy (non-hydrogen) atoms. The zero-order valence-electron chi connectivity index (χ0n) is 9.40. The lowest BCUT2D eigenvalue weighted by Crippen LogP contribution is -2.29. The Bertz CT molecular complexity index is 395. The fourth-order valence-corrected chi connectivity index (χ4v) is 2.47. The summed E-state index contributed by atoms with van der Waals surface area (Å²) < 4.78 is 49.7. The topological polar surface area (TPSA) is 38.0 Å². The second-order valence-electron chi connectivity index (χ2n) is 3.89. The SMILES string of the molecule is NNC(CCCC(F)(F)F)c1ccc(F)cc1I. The third-order valence-electron chi connectivity index (χ3n) is 2.49. The Balaban J connectivity index is 2.66. The summed E-state index contributed by atoms with van der Waals surface area (Å²) >= 11 is 1.93. The summed E-state index contributed by atoms with van der Waals surface area (Å²) in [5, 5.41) is 0. The summed E-state index contributed by atoms with van der Waals surface area (Å²) in [4.78, 5) is 0. The molecule has 0 aliphatic carbocycles.